The predicted molar refractivity (Wildman–Crippen MR) is 101 cm³/mol. The Morgan fingerprint density at radius 1 is 1.32 bits per heavy atom. The monoisotopic (exact) mass is 356 g/mol. The first-order valence-corrected chi connectivity index (χ1v) is 9.54. The summed E-state index contributed by atoms with van der Waals surface area (Å²) >= 11 is 0. The van der Waals surface area contributed by atoms with Crippen molar-refractivity contribution in [1.29, 1.82) is 0 Å². The molecule has 25 heavy (non-hydrogen) atoms. The van der Waals surface area contributed by atoms with Gasteiger partial charge in [0.25, 0.3) is 0 Å². The van der Waals surface area contributed by atoms with Crippen molar-refractivity contribution < 1.29 is 14.3 Å². The molecule has 1 aliphatic heterocycles. The highest BCUT2D eigenvalue weighted by Gasteiger charge is 2.16. The van der Waals surface area contributed by atoms with Crippen LogP contribution >= 0.6 is 0 Å². The highest BCUT2D eigenvalue weighted by atomic mass is 16.5. The standard InChI is InChI=1S/C18H36N4O3/c1-5-19-18(21(4)13-17(23)22(6-2)7-3)20-10-8-11-24-14-16-9-12-25-15-16/h16H,5-15H2,1-4H3,(H,19,20). The third-order valence-electron chi connectivity index (χ3n) is 4.27. The van der Waals surface area contributed by atoms with E-state index in [9.17, 15) is 4.79 Å². The normalized spacial score (nSPS) is 17.6. The van der Waals surface area contributed by atoms with Crippen molar-refractivity contribution in [3.8, 4) is 0 Å². The number of carbonyl (C=O) groups is 1. The van der Waals surface area contributed by atoms with Crippen LogP contribution in [0, 0.1) is 5.92 Å². The Morgan fingerprint density at radius 2 is 2.08 bits per heavy atom. The quantitative estimate of drug-likeness (QED) is 0.342. The summed E-state index contributed by atoms with van der Waals surface area (Å²) in [6.07, 6.45) is 1.98. The molecular formula is C18H36N4O3. The van der Waals surface area contributed by atoms with E-state index < -0.39 is 0 Å². The van der Waals surface area contributed by atoms with E-state index in [4.69, 9.17) is 9.47 Å². The van der Waals surface area contributed by atoms with Crippen LogP contribution in [0.1, 0.15) is 33.6 Å². The molecule has 1 unspecified atom stereocenters. The Hall–Kier alpha value is -1.34. The summed E-state index contributed by atoms with van der Waals surface area (Å²) in [4.78, 5) is 20.6. The summed E-state index contributed by atoms with van der Waals surface area (Å²) in [7, 11) is 1.90. The molecular weight excluding hydrogens is 320 g/mol. The number of amides is 1. The molecule has 1 rings (SSSR count). The van der Waals surface area contributed by atoms with E-state index >= 15 is 0 Å². The van der Waals surface area contributed by atoms with Gasteiger partial charge in [-0.05, 0) is 33.6 Å². The van der Waals surface area contributed by atoms with Crippen molar-refractivity contribution in [2.75, 3.05) is 66.2 Å². The van der Waals surface area contributed by atoms with Gasteiger partial charge in [-0.15, -0.1) is 0 Å². The number of hydrogen-bond acceptors (Lipinski definition) is 4. The van der Waals surface area contributed by atoms with Gasteiger partial charge in [0.15, 0.2) is 5.96 Å². The molecule has 0 aromatic carbocycles. The molecule has 1 N–H and O–H groups in total. The van der Waals surface area contributed by atoms with Gasteiger partial charge < -0.3 is 24.6 Å². The number of carbonyl (C=O) groups excluding carboxylic acids is 1. The minimum atomic E-state index is 0.125. The Balaban J connectivity index is 2.32. The summed E-state index contributed by atoms with van der Waals surface area (Å²) in [6, 6.07) is 0. The summed E-state index contributed by atoms with van der Waals surface area (Å²) in [5.74, 6) is 1.45. The molecule has 1 heterocycles. The second kappa shape index (κ2) is 12.9. The second-order valence-corrected chi connectivity index (χ2v) is 6.32. The van der Waals surface area contributed by atoms with E-state index in [1.165, 1.54) is 0 Å². The predicted octanol–water partition coefficient (Wildman–Crippen LogP) is 1.20. The molecule has 1 amide bonds. The van der Waals surface area contributed by atoms with Crippen LogP contribution in [0.15, 0.2) is 4.99 Å². The van der Waals surface area contributed by atoms with Gasteiger partial charge >= 0.3 is 0 Å². The fourth-order valence-electron chi connectivity index (χ4n) is 2.74. The first-order chi connectivity index (χ1) is 12.1. The largest absolute Gasteiger partial charge is 0.381 e. The van der Waals surface area contributed by atoms with Crippen molar-refractivity contribution in [2.45, 2.75) is 33.6 Å². The van der Waals surface area contributed by atoms with E-state index in [1.807, 2.05) is 37.6 Å². The molecule has 146 valence electrons. The van der Waals surface area contributed by atoms with Gasteiger partial charge in [0.1, 0.15) is 0 Å². The molecule has 0 aromatic rings. The number of aliphatic imine (C=N–C) groups is 1. The highest BCUT2D eigenvalue weighted by Crippen LogP contribution is 2.12. The first-order valence-electron chi connectivity index (χ1n) is 9.54. The van der Waals surface area contributed by atoms with Crippen LogP contribution in [-0.4, -0.2) is 87.9 Å². The molecule has 7 nitrogen and oxygen atoms in total. The number of rotatable bonds is 11. The first kappa shape index (κ1) is 21.7. The van der Waals surface area contributed by atoms with E-state index in [2.05, 4.69) is 10.3 Å². The van der Waals surface area contributed by atoms with Crippen LogP contribution in [0.5, 0.6) is 0 Å². The molecule has 1 fully saturated rings. The van der Waals surface area contributed by atoms with E-state index in [0.717, 1.165) is 58.3 Å². The summed E-state index contributed by atoms with van der Waals surface area (Å²) in [6.45, 7) is 12.5. The fourth-order valence-corrected chi connectivity index (χ4v) is 2.74. The van der Waals surface area contributed by atoms with E-state index in [-0.39, 0.29) is 5.91 Å². The molecule has 1 atom stereocenters. The van der Waals surface area contributed by atoms with Crippen LogP contribution in [0.2, 0.25) is 0 Å². The molecule has 0 aliphatic carbocycles. The van der Waals surface area contributed by atoms with Gasteiger partial charge in [0.05, 0.1) is 19.8 Å². The SMILES string of the molecule is CCNC(=NCCCOCC1CCOC1)N(C)CC(=O)N(CC)CC. The average Bonchev–Trinajstić information content (AvgIpc) is 3.11. The van der Waals surface area contributed by atoms with Gasteiger partial charge in [-0.1, -0.05) is 0 Å². The molecule has 0 saturated carbocycles. The minimum Gasteiger partial charge on any atom is -0.381 e. The highest BCUT2D eigenvalue weighted by molar-refractivity contribution is 5.86. The molecule has 1 aliphatic rings. The Labute approximate surface area is 152 Å². The molecule has 7 heteroatoms. The van der Waals surface area contributed by atoms with Crippen molar-refractivity contribution in [2.24, 2.45) is 10.9 Å². The number of nitrogens with one attached hydrogen (secondary N) is 1. The van der Waals surface area contributed by atoms with Crippen LogP contribution in [0.4, 0.5) is 0 Å². The number of ether oxygens (including phenoxy) is 2. The number of guanidine groups is 1. The summed E-state index contributed by atoms with van der Waals surface area (Å²) in [5, 5.41) is 3.25. The number of nitrogens with zero attached hydrogens (tertiary/aromatic N) is 3. The van der Waals surface area contributed by atoms with Gasteiger partial charge in [-0.3, -0.25) is 9.79 Å². The van der Waals surface area contributed by atoms with E-state index in [0.29, 0.717) is 25.6 Å². The zero-order chi connectivity index (χ0) is 18.5. The van der Waals surface area contributed by atoms with Crippen molar-refractivity contribution in [1.82, 2.24) is 15.1 Å². The van der Waals surface area contributed by atoms with Crippen LogP contribution in [0.3, 0.4) is 0 Å². The zero-order valence-corrected chi connectivity index (χ0v) is 16.4. The fraction of sp³-hybridized carbons (Fsp3) is 0.889. The molecule has 0 bridgehead atoms. The summed E-state index contributed by atoms with van der Waals surface area (Å²) in [5.41, 5.74) is 0. The molecule has 0 radical (unpaired) electrons. The lowest BCUT2D eigenvalue weighted by atomic mass is 10.1. The average molecular weight is 357 g/mol. The topological polar surface area (TPSA) is 66.4 Å². The maximum atomic E-state index is 12.2. The van der Waals surface area contributed by atoms with Crippen LogP contribution < -0.4 is 5.32 Å². The number of likely N-dealkylation sites (N-methyl/N-ethyl adjacent to an activating group) is 2. The Bertz CT molecular complexity index is 394. The second-order valence-electron chi connectivity index (χ2n) is 6.32. The Kier molecular flexibility index (Phi) is 11.2. The van der Waals surface area contributed by atoms with Crippen molar-refractivity contribution >= 4 is 11.9 Å². The van der Waals surface area contributed by atoms with Crippen LogP contribution in [-0.2, 0) is 14.3 Å². The zero-order valence-electron chi connectivity index (χ0n) is 16.4. The van der Waals surface area contributed by atoms with Crippen molar-refractivity contribution in [3.63, 3.8) is 0 Å². The van der Waals surface area contributed by atoms with Gasteiger partial charge in [0.2, 0.25) is 5.91 Å². The smallest absolute Gasteiger partial charge is 0.242 e. The van der Waals surface area contributed by atoms with E-state index in [1.54, 1.807) is 0 Å². The lowest BCUT2D eigenvalue weighted by molar-refractivity contribution is -0.131. The summed E-state index contributed by atoms with van der Waals surface area (Å²) < 4.78 is 11.0. The van der Waals surface area contributed by atoms with Gasteiger partial charge in [-0.25, -0.2) is 0 Å². The van der Waals surface area contributed by atoms with Crippen molar-refractivity contribution in [3.05, 3.63) is 0 Å². The Morgan fingerprint density at radius 3 is 2.68 bits per heavy atom. The molecule has 1 saturated heterocycles. The third-order valence-corrected chi connectivity index (χ3v) is 4.27. The van der Waals surface area contributed by atoms with Crippen LogP contribution in [0.25, 0.3) is 0 Å². The van der Waals surface area contributed by atoms with Gasteiger partial charge in [-0.2, -0.15) is 0 Å². The maximum Gasteiger partial charge on any atom is 0.242 e. The molecule has 0 spiro atoms. The maximum absolute atomic E-state index is 12.2. The van der Waals surface area contributed by atoms with Gasteiger partial charge in [0, 0.05) is 52.4 Å². The minimum absolute atomic E-state index is 0.125. The lowest BCUT2D eigenvalue weighted by Crippen LogP contribution is -2.45. The third kappa shape index (κ3) is 8.54. The number of hydrogen-bond donors (Lipinski definition) is 1. The lowest BCUT2D eigenvalue weighted by Gasteiger charge is -2.25. The molecule has 0 aromatic heterocycles.